The molecule has 6 heteroatoms. The predicted molar refractivity (Wildman–Crippen MR) is 129 cm³/mol. The van der Waals surface area contributed by atoms with Gasteiger partial charge in [0.1, 0.15) is 0 Å². The Balaban J connectivity index is 1.66. The molecule has 1 saturated heterocycles. The first-order valence-electron chi connectivity index (χ1n) is 12.9. The van der Waals surface area contributed by atoms with Crippen molar-refractivity contribution in [2.24, 2.45) is 29.6 Å². The zero-order valence-corrected chi connectivity index (χ0v) is 21.3. The average molecular weight is 450 g/mol. The van der Waals surface area contributed by atoms with Gasteiger partial charge in [-0.2, -0.15) is 0 Å². The Morgan fingerprint density at radius 1 is 0.719 bits per heavy atom. The molecule has 2 N–H and O–H groups in total. The highest BCUT2D eigenvalue weighted by atomic mass is 16.2. The highest BCUT2D eigenvalue weighted by molar-refractivity contribution is 5.80. The van der Waals surface area contributed by atoms with E-state index in [4.69, 9.17) is 0 Å². The van der Waals surface area contributed by atoms with Crippen LogP contribution in [-0.4, -0.2) is 47.8 Å². The van der Waals surface area contributed by atoms with Gasteiger partial charge in [0.15, 0.2) is 0 Å². The Hall–Kier alpha value is -1.59. The molecule has 0 aromatic heterocycles. The van der Waals surface area contributed by atoms with Gasteiger partial charge in [-0.3, -0.25) is 14.4 Å². The number of likely N-dealkylation sites (tertiary alicyclic amines) is 1. The van der Waals surface area contributed by atoms with Gasteiger partial charge in [0, 0.05) is 43.9 Å². The number of piperidine rings is 1. The number of rotatable bonds is 9. The molecular formula is C26H47N3O3. The van der Waals surface area contributed by atoms with Crippen LogP contribution in [0.2, 0.25) is 0 Å². The molecule has 1 heterocycles. The van der Waals surface area contributed by atoms with Crippen LogP contribution >= 0.6 is 0 Å². The van der Waals surface area contributed by atoms with Gasteiger partial charge in [0.2, 0.25) is 17.7 Å². The molecule has 1 aliphatic heterocycles. The molecule has 0 radical (unpaired) electrons. The number of nitrogens with zero attached hydrogens (tertiary/aromatic N) is 1. The van der Waals surface area contributed by atoms with Gasteiger partial charge in [-0.15, -0.1) is 0 Å². The maximum Gasteiger partial charge on any atom is 0.223 e. The van der Waals surface area contributed by atoms with Crippen LogP contribution in [0.25, 0.3) is 0 Å². The van der Waals surface area contributed by atoms with E-state index in [1.165, 1.54) is 0 Å². The van der Waals surface area contributed by atoms with Gasteiger partial charge in [0.25, 0.3) is 0 Å². The summed E-state index contributed by atoms with van der Waals surface area (Å²) in [4.78, 5) is 39.5. The first-order chi connectivity index (χ1) is 15.1. The van der Waals surface area contributed by atoms with E-state index in [1.807, 2.05) is 4.90 Å². The second kappa shape index (κ2) is 12.6. The number of carbonyl (C=O) groups excluding carboxylic acids is 3. The summed E-state index contributed by atoms with van der Waals surface area (Å²) in [5.74, 6) is 2.35. The lowest BCUT2D eigenvalue weighted by molar-refractivity contribution is -0.136. The van der Waals surface area contributed by atoms with E-state index >= 15 is 0 Å². The third-order valence-corrected chi connectivity index (χ3v) is 7.94. The zero-order valence-electron chi connectivity index (χ0n) is 21.3. The number of hydrogen-bond donors (Lipinski definition) is 2. The Labute approximate surface area is 195 Å². The number of amides is 3. The van der Waals surface area contributed by atoms with Crippen molar-refractivity contribution in [2.45, 2.75) is 105 Å². The second-order valence-electron chi connectivity index (χ2n) is 11.1. The Morgan fingerprint density at radius 3 is 1.69 bits per heavy atom. The maximum atomic E-state index is 12.8. The molecule has 3 amide bonds. The average Bonchev–Trinajstić information content (AvgIpc) is 2.74. The predicted octanol–water partition coefficient (Wildman–Crippen LogP) is 4.13. The van der Waals surface area contributed by atoms with Gasteiger partial charge in [-0.25, -0.2) is 0 Å². The van der Waals surface area contributed by atoms with Crippen molar-refractivity contribution in [2.75, 3.05) is 13.1 Å². The molecule has 0 aromatic rings. The minimum Gasteiger partial charge on any atom is -0.353 e. The van der Waals surface area contributed by atoms with Crippen LogP contribution in [0.15, 0.2) is 0 Å². The van der Waals surface area contributed by atoms with E-state index in [-0.39, 0.29) is 35.7 Å². The van der Waals surface area contributed by atoms with Crippen molar-refractivity contribution in [1.29, 1.82) is 0 Å². The molecular weight excluding hydrogens is 402 g/mol. The molecule has 0 bridgehead atoms. The van der Waals surface area contributed by atoms with E-state index in [1.54, 1.807) is 0 Å². The standard InChI is InChI=1S/C26H47N3O3/c1-17(2)19(5)15-24(30)27-22-7-9-23(10-8-22)28-26(32)21-11-13-29(14-12-21)25(31)16-20(6)18(3)4/h17-23H,7-16H2,1-6H3,(H,27,30)(H,28,32). The molecule has 2 rings (SSSR count). The maximum absolute atomic E-state index is 12.8. The SMILES string of the molecule is CC(C)C(C)CC(=O)NC1CCC(NC(=O)C2CCN(C(=O)CC(C)C(C)C)CC2)CC1. The van der Waals surface area contributed by atoms with Gasteiger partial charge < -0.3 is 15.5 Å². The van der Waals surface area contributed by atoms with Crippen molar-refractivity contribution in [1.82, 2.24) is 15.5 Å². The summed E-state index contributed by atoms with van der Waals surface area (Å²) in [7, 11) is 0. The molecule has 2 atom stereocenters. The summed E-state index contributed by atoms with van der Waals surface area (Å²) in [5, 5.41) is 6.43. The fraction of sp³-hybridized carbons (Fsp3) is 0.885. The van der Waals surface area contributed by atoms with Gasteiger partial charge in [0.05, 0.1) is 0 Å². The van der Waals surface area contributed by atoms with Crippen LogP contribution in [0.5, 0.6) is 0 Å². The van der Waals surface area contributed by atoms with Crippen molar-refractivity contribution < 1.29 is 14.4 Å². The Bertz CT molecular complexity index is 618. The summed E-state index contributed by atoms with van der Waals surface area (Å²) in [5.41, 5.74) is 0. The van der Waals surface area contributed by atoms with Crippen LogP contribution in [0, 0.1) is 29.6 Å². The summed E-state index contributed by atoms with van der Waals surface area (Å²) in [6, 6.07) is 0.439. The monoisotopic (exact) mass is 449 g/mol. The van der Waals surface area contributed by atoms with E-state index in [2.05, 4.69) is 52.2 Å². The van der Waals surface area contributed by atoms with E-state index in [9.17, 15) is 14.4 Å². The van der Waals surface area contributed by atoms with Crippen LogP contribution in [0.1, 0.15) is 92.9 Å². The fourth-order valence-corrected chi connectivity index (χ4v) is 4.55. The van der Waals surface area contributed by atoms with E-state index < -0.39 is 0 Å². The smallest absolute Gasteiger partial charge is 0.223 e. The number of carbonyl (C=O) groups is 3. The van der Waals surface area contributed by atoms with Crippen LogP contribution < -0.4 is 10.6 Å². The van der Waals surface area contributed by atoms with Crippen molar-refractivity contribution in [3.8, 4) is 0 Å². The topological polar surface area (TPSA) is 78.5 Å². The molecule has 6 nitrogen and oxygen atoms in total. The molecule has 184 valence electrons. The lowest BCUT2D eigenvalue weighted by Gasteiger charge is -2.34. The normalized spacial score (nSPS) is 24.3. The summed E-state index contributed by atoms with van der Waals surface area (Å²) < 4.78 is 0. The quantitative estimate of drug-likeness (QED) is 0.555. The molecule has 0 aromatic carbocycles. The second-order valence-corrected chi connectivity index (χ2v) is 11.1. The summed E-state index contributed by atoms with van der Waals surface area (Å²) >= 11 is 0. The van der Waals surface area contributed by atoms with E-state index in [0.717, 1.165) is 38.5 Å². The molecule has 1 saturated carbocycles. The molecule has 2 unspecified atom stereocenters. The Kier molecular flexibility index (Phi) is 10.5. The highest BCUT2D eigenvalue weighted by Gasteiger charge is 2.30. The third kappa shape index (κ3) is 8.40. The van der Waals surface area contributed by atoms with Crippen molar-refractivity contribution in [3.05, 3.63) is 0 Å². The molecule has 2 aliphatic rings. The largest absolute Gasteiger partial charge is 0.353 e. The van der Waals surface area contributed by atoms with Crippen molar-refractivity contribution >= 4 is 17.7 Å². The van der Waals surface area contributed by atoms with Crippen molar-refractivity contribution in [3.63, 3.8) is 0 Å². The minimum atomic E-state index is 0.0107. The number of nitrogens with one attached hydrogen (secondary N) is 2. The molecule has 1 aliphatic carbocycles. The third-order valence-electron chi connectivity index (χ3n) is 7.94. The fourth-order valence-electron chi connectivity index (χ4n) is 4.55. The van der Waals surface area contributed by atoms with Gasteiger partial charge >= 0.3 is 0 Å². The summed E-state index contributed by atoms with van der Waals surface area (Å²) in [6.07, 6.45) is 6.39. The first kappa shape index (κ1) is 26.7. The summed E-state index contributed by atoms with van der Waals surface area (Å²) in [6.45, 7) is 14.3. The highest BCUT2D eigenvalue weighted by Crippen LogP contribution is 2.24. The number of hydrogen-bond acceptors (Lipinski definition) is 3. The molecule has 0 spiro atoms. The van der Waals surface area contributed by atoms with Crippen LogP contribution in [0.4, 0.5) is 0 Å². The Morgan fingerprint density at radius 2 is 1.19 bits per heavy atom. The zero-order chi connectivity index (χ0) is 23.8. The van der Waals surface area contributed by atoms with Gasteiger partial charge in [-0.1, -0.05) is 41.5 Å². The minimum absolute atomic E-state index is 0.0107. The molecule has 32 heavy (non-hydrogen) atoms. The van der Waals surface area contributed by atoms with Crippen LogP contribution in [0.3, 0.4) is 0 Å². The van der Waals surface area contributed by atoms with E-state index in [0.29, 0.717) is 49.6 Å². The molecule has 2 fully saturated rings. The first-order valence-corrected chi connectivity index (χ1v) is 12.9. The lowest BCUT2D eigenvalue weighted by Crippen LogP contribution is -2.48. The van der Waals surface area contributed by atoms with Gasteiger partial charge in [-0.05, 0) is 62.2 Å². The van der Waals surface area contributed by atoms with Crippen LogP contribution in [-0.2, 0) is 14.4 Å². The lowest BCUT2D eigenvalue weighted by atomic mass is 9.89.